The van der Waals surface area contributed by atoms with E-state index in [1.165, 1.54) is 0 Å². The molecule has 0 bridgehead atoms. The van der Waals surface area contributed by atoms with Crippen molar-refractivity contribution in [2.24, 2.45) is 0 Å². The molecule has 117 valence electrons. The molecule has 4 N–H and O–H groups in total. The minimum atomic E-state index is -1.08. The molecule has 19 heavy (non-hydrogen) atoms. The van der Waals surface area contributed by atoms with E-state index in [4.69, 9.17) is 39.6 Å². The average molecular weight is 375 g/mol. The fourth-order valence-electron chi connectivity index (χ4n) is 0. The van der Waals surface area contributed by atoms with E-state index in [0.29, 0.717) is 0 Å². The zero-order chi connectivity index (χ0) is 14.3. The fourth-order valence-corrected chi connectivity index (χ4v) is 0. The van der Waals surface area contributed by atoms with Crippen molar-refractivity contribution >= 4 is 23.9 Å². The van der Waals surface area contributed by atoms with E-state index >= 15 is 0 Å². The maximum Gasteiger partial charge on any atom is 4.00 e. The van der Waals surface area contributed by atoms with Gasteiger partial charge in [0.15, 0.2) is 0 Å². The Balaban J connectivity index is -0.0000000192. The maximum atomic E-state index is 8.89. The number of carboxylic acids is 4. The molecule has 11 heteroatoms. The van der Waals surface area contributed by atoms with Gasteiger partial charge >= 0.3 is 19.5 Å². The number of carboxylic acid groups (broad SMARTS) is 4. The molecule has 0 saturated heterocycles. The van der Waals surface area contributed by atoms with Crippen LogP contribution in [0.3, 0.4) is 0 Å². The number of rotatable bonds is 0. The third-order valence-corrected chi connectivity index (χ3v) is 0. The minimum Gasteiger partial charge on any atom is -0.550 e. The summed E-state index contributed by atoms with van der Waals surface area (Å²) in [4.78, 5) is 35.6. The van der Waals surface area contributed by atoms with E-state index in [2.05, 4.69) is 0 Å². The molecule has 0 spiro atoms. The number of carbonyl (C=O) groups excluding carboxylic acids is 4. The van der Waals surface area contributed by atoms with E-state index < -0.39 is 23.9 Å². The van der Waals surface area contributed by atoms with Crippen LogP contribution >= 0.6 is 0 Å². The van der Waals surface area contributed by atoms with E-state index in [1.54, 1.807) is 0 Å². The standard InChI is InChI=1S/4C2H4O2.2H2O.Rh/c4*1-2(3)4;;;/h4*1H3,(H,3,4);2*1H2;/q;;;;;;+4/p-4. The Morgan fingerprint density at radius 3 is 0.526 bits per heavy atom. The molecule has 0 aliphatic carbocycles. The van der Waals surface area contributed by atoms with Crippen LogP contribution in [0.25, 0.3) is 0 Å². The van der Waals surface area contributed by atoms with Gasteiger partial charge in [0.25, 0.3) is 0 Å². The van der Waals surface area contributed by atoms with E-state index in [0.717, 1.165) is 27.7 Å². The number of carbonyl (C=O) groups is 4. The number of hydrogen-bond acceptors (Lipinski definition) is 8. The second kappa shape index (κ2) is 36.0. The van der Waals surface area contributed by atoms with Gasteiger partial charge in [0, 0.05) is 23.9 Å². The second-order valence-electron chi connectivity index (χ2n) is 1.97. The Hall–Kier alpha value is -1.58. The monoisotopic (exact) mass is 375 g/mol. The molecule has 0 aromatic heterocycles. The molecule has 0 aliphatic heterocycles. The van der Waals surface area contributed by atoms with Gasteiger partial charge < -0.3 is 50.6 Å². The summed E-state index contributed by atoms with van der Waals surface area (Å²) in [6, 6.07) is 0. The van der Waals surface area contributed by atoms with Crippen molar-refractivity contribution in [2.75, 3.05) is 0 Å². The molecule has 0 aromatic rings. The predicted octanol–water partition coefficient (Wildman–Crippen LogP) is -6.63. The van der Waals surface area contributed by atoms with Crippen molar-refractivity contribution in [3.63, 3.8) is 0 Å². The molecule has 10 nitrogen and oxygen atoms in total. The van der Waals surface area contributed by atoms with Gasteiger partial charge in [0.1, 0.15) is 0 Å². The Bertz CT molecular complexity index is 164. The summed E-state index contributed by atoms with van der Waals surface area (Å²) in [5.41, 5.74) is 0. The van der Waals surface area contributed by atoms with Crippen molar-refractivity contribution in [1.29, 1.82) is 0 Å². The van der Waals surface area contributed by atoms with Gasteiger partial charge in [-0.05, 0) is 27.7 Å². The molecule has 0 saturated carbocycles. The van der Waals surface area contributed by atoms with Crippen molar-refractivity contribution < 1.29 is 70.0 Å². The first-order chi connectivity index (χ1) is 6.93. The largest absolute Gasteiger partial charge is 4.00 e. The van der Waals surface area contributed by atoms with Crippen LogP contribution in [0.2, 0.25) is 0 Å². The molecule has 0 unspecified atom stereocenters. The minimum absolute atomic E-state index is 0. The van der Waals surface area contributed by atoms with Gasteiger partial charge in [-0.2, -0.15) is 0 Å². The fraction of sp³-hybridized carbons (Fsp3) is 0.500. The van der Waals surface area contributed by atoms with Crippen LogP contribution in [0.4, 0.5) is 0 Å². The second-order valence-corrected chi connectivity index (χ2v) is 1.97. The molecule has 0 aromatic carbocycles. The van der Waals surface area contributed by atoms with E-state index in [1.807, 2.05) is 0 Å². The third kappa shape index (κ3) is 1370. The third-order valence-electron chi connectivity index (χ3n) is 0. The summed E-state index contributed by atoms with van der Waals surface area (Å²) in [6.07, 6.45) is 0. The van der Waals surface area contributed by atoms with Crippen LogP contribution in [0, 0.1) is 0 Å². The number of hydrogen-bond donors (Lipinski definition) is 0. The van der Waals surface area contributed by atoms with Crippen molar-refractivity contribution in [2.45, 2.75) is 27.7 Å². The topological polar surface area (TPSA) is 224 Å². The molecular formula is C8H16O10Rh. The zero-order valence-electron chi connectivity index (χ0n) is 10.6. The Morgan fingerprint density at radius 2 is 0.526 bits per heavy atom. The van der Waals surface area contributed by atoms with Crippen LogP contribution in [-0.4, -0.2) is 34.8 Å². The SMILES string of the molecule is CC(=O)[O-].CC(=O)[O-].CC(=O)[O-].CC(=O)[O-].O.O.[Rh+4]. The van der Waals surface area contributed by atoms with Gasteiger partial charge in [0.05, 0.1) is 0 Å². The Kier molecular flexibility index (Phi) is 81.9. The van der Waals surface area contributed by atoms with Gasteiger partial charge in [-0.3, -0.25) is 0 Å². The summed E-state index contributed by atoms with van der Waals surface area (Å²) >= 11 is 0. The molecule has 0 fully saturated rings. The van der Waals surface area contributed by atoms with Crippen molar-refractivity contribution in [1.82, 2.24) is 0 Å². The van der Waals surface area contributed by atoms with Crippen LogP contribution in [-0.2, 0) is 38.7 Å². The van der Waals surface area contributed by atoms with Crippen LogP contribution < -0.4 is 20.4 Å². The van der Waals surface area contributed by atoms with Gasteiger partial charge in [-0.1, -0.05) is 0 Å². The zero-order valence-corrected chi connectivity index (χ0v) is 12.2. The first kappa shape index (κ1) is 43.3. The smallest absolute Gasteiger partial charge is 0.550 e. The van der Waals surface area contributed by atoms with Crippen molar-refractivity contribution in [3.8, 4) is 0 Å². The van der Waals surface area contributed by atoms with Crippen LogP contribution in [0.15, 0.2) is 0 Å². The molecule has 0 amide bonds. The molecule has 0 rings (SSSR count). The molecule has 0 heterocycles. The summed E-state index contributed by atoms with van der Waals surface area (Å²) in [6.45, 7) is 3.89. The quantitative estimate of drug-likeness (QED) is 0.369. The van der Waals surface area contributed by atoms with Gasteiger partial charge in [-0.15, -0.1) is 0 Å². The van der Waals surface area contributed by atoms with Crippen LogP contribution in [0.1, 0.15) is 27.7 Å². The molecular weight excluding hydrogens is 359 g/mol. The number of aliphatic carboxylic acids is 4. The van der Waals surface area contributed by atoms with E-state index in [-0.39, 0.29) is 30.4 Å². The van der Waals surface area contributed by atoms with E-state index in [9.17, 15) is 0 Å². The van der Waals surface area contributed by atoms with Gasteiger partial charge in [0.2, 0.25) is 0 Å². The average Bonchev–Trinajstić information content (AvgIpc) is 1.76. The molecule has 0 aliphatic rings. The van der Waals surface area contributed by atoms with Crippen LogP contribution in [0.5, 0.6) is 0 Å². The Labute approximate surface area is 122 Å². The maximum absolute atomic E-state index is 8.89. The summed E-state index contributed by atoms with van der Waals surface area (Å²) in [5, 5.41) is 35.6. The van der Waals surface area contributed by atoms with Crippen molar-refractivity contribution in [3.05, 3.63) is 0 Å². The normalized spacial score (nSPS) is 5.26. The Morgan fingerprint density at radius 1 is 0.526 bits per heavy atom. The summed E-state index contributed by atoms with van der Waals surface area (Å²) in [7, 11) is 0. The molecule has 0 atom stereocenters. The molecule has 1 radical (unpaired) electrons. The predicted molar refractivity (Wildman–Crippen MR) is 50.0 cm³/mol. The first-order valence-corrected chi connectivity index (χ1v) is 3.63. The first-order valence-electron chi connectivity index (χ1n) is 3.63. The summed E-state index contributed by atoms with van der Waals surface area (Å²) in [5.74, 6) is -4.33. The van der Waals surface area contributed by atoms with Gasteiger partial charge in [-0.25, -0.2) is 0 Å². The summed E-state index contributed by atoms with van der Waals surface area (Å²) < 4.78 is 0.